The minimum atomic E-state index is -0.0997. The molecule has 0 bridgehead atoms. The summed E-state index contributed by atoms with van der Waals surface area (Å²) in [6.07, 6.45) is 4.20. The molecule has 1 aliphatic rings. The highest BCUT2D eigenvalue weighted by Gasteiger charge is 2.21. The number of hydrogen-bond donors (Lipinski definition) is 2. The van der Waals surface area contributed by atoms with Crippen LogP contribution in [0, 0.1) is 0 Å². The fourth-order valence-corrected chi connectivity index (χ4v) is 3.01. The first-order valence-corrected chi connectivity index (χ1v) is 7.28. The van der Waals surface area contributed by atoms with Crippen LogP contribution in [0.15, 0.2) is 18.2 Å². The van der Waals surface area contributed by atoms with Crippen molar-refractivity contribution in [2.24, 2.45) is 0 Å². The minimum absolute atomic E-state index is 0.0997. The summed E-state index contributed by atoms with van der Waals surface area (Å²) in [7, 11) is 1.98. The molecular formula is C14H18Cl2N2O. The Hall–Kier alpha value is -0.770. The van der Waals surface area contributed by atoms with Gasteiger partial charge in [0.2, 0.25) is 0 Å². The van der Waals surface area contributed by atoms with Gasteiger partial charge in [-0.15, -0.1) is 0 Å². The summed E-state index contributed by atoms with van der Waals surface area (Å²) in [5, 5.41) is 7.29. The van der Waals surface area contributed by atoms with Crippen molar-refractivity contribution < 1.29 is 4.79 Å². The van der Waals surface area contributed by atoms with Gasteiger partial charge in [0, 0.05) is 27.7 Å². The third kappa shape index (κ3) is 4.10. The zero-order valence-electron chi connectivity index (χ0n) is 10.9. The predicted molar refractivity (Wildman–Crippen MR) is 79.0 cm³/mol. The Morgan fingerprint density at radius 3 is 2.11 bits per heavy atom. The van der Waals surface area contributed by atoms with Gasteiger partial charge in [-0.1, -0.05) is 23.2 Å². The second-order valence-corrected chi connectivity index (χ2v) is 5.84. The van der Waals surface area contributed by atoms with E-state index in [0.717, 1.165) is 25.7 Å². The molecule has 0 radical (unpaired) electrons. The van der Waals surface area contributed by atoms with Gasteiger partial charge in [0.05, 0.1) is 0 Å². The zero-order valence-corrected chi connectivity index (χ0v) is 12.4. The van der Waals surface area contributed by atoms with Crippen LogP contribution >= 0.6 is 23.2 Å². The van der Waals surface area contributed by atoms with E-state index >= 15 is 0 Å². The van der Waals surface area contributed by atoms with Crippen LogP contribution in [0.3, 0.4) is 0 Å². The molecule has 1 aliphatic carbocycles. The highest BCUT2D eigenvalue weighted by atomic mass is 35.5. The van der Waals surface area contributed by atoms with Gasteiger partial charge < -0.3 is 10.6 Å². The van der Waals surface area contributed by atoms with E-state index in [0.29, 0.717) is 21.7 Å². The van der Waals surface area contributed by atoms with Gasteiger partial charge in [-0.05, 0) is 50.9 Å². The number of halogens is 2. The van der Waals surface area contributed by atoms with E-state index in [1.54, 1.807) is 18.2 Å². The minimum Gasteiger partial charge on any atom is -0.349 e. The molecule has 0 aliphatic heterocycles. The molecule has 2 rings (SSSR count). The van der Waals surface area contributed by atoms with E-state index in [-0.39, 0.29) is 11.9 Å². The van der Waals surface area contributed by atoms with Crippen molar-refractivity contribution in [3.8, 4) is 0 Å². The highest BCUT2D eigenvalue weighted by Crippen LogP contribution is 2.21. The Balaban J connectivity index is 1.94. The fourth-order valence-electron chi connectivity index (χ4n) is 2.48. The summed E-state index contributed by atoms with van der Waals surface area (Å²) >= 11 is 11.8. The van der Waals surface area contributed by atoms with Crippen LogP contribution in [-0.2, 0) is 0 Å². The molecule has 1 aromatic carbocycles. The average Bonchev–Trinajstić information content (AvgIpc) is 2.38. The Morgan fingerprint density at radius 1 is 1.05 bits per heavy atom. The standard InChI is InChI=1S/C14H18Cl2N2O/c1-17-12-2-4-13(5-3-12)18-14(19)9-6-10(15)8-11(16)7-9/h6-8,12-13,17H,2-5H2,1H3,(H,18,19). The van der Waals surface area contributed by atoms with E-state index in [1.165, 1.54) is 0 Å². The van der Waals surface area contributed by atoms with Crippen LogP contribution in [0.1, 0.15) is 36.0 Å². The number of nitrogens with one attached hydrogen (secondary N) is 2. The van der Waals surface area contributed by atoms with Crippen LogP contribution in [0.25, 0.3) is 0 Å². The first-order valence-electron chi connectivity index (χ1n) is 6.52. The number of benzene rings is 1. The summed E-state index contributed by atoms with van der Waals surface area (Å²) in [6, 6.07) is 5.73. The molecule has 19 heavy (non-hydrogen) atoms. The van der Waals surface area contributed by atoms with Gasteiger partial charge >= 0.3 is 0 Å². The van der Waals surface area contributed by atoms with Crippen molar-refractivity contribution in [1.82, 2.24) is 10.6 Å². The summed E-state index contributed by atoms with van der Waals surface area (Å²) < 4.78 is 0. The molecule has 2 N–H and O–H groups in total. The van der Waals surface area contributed by atoms with Gasteiger partial charge in [-0.25, -0.2) is 0 Å². The molecule has 0 unspecified atom stereocenters. The molecule has 1 fully saturated rings. The second-order valence-electron chi connectivity index (χ2n) is 4.97. The Morgan fingerprint density at radius 2 is 1.58 bits per heavy atom. The molecule has 0 saturated heterocycles. The van der Waals surface area contributed by atoms with E-state index < -0.39 is 0 Å². The molecule has 0 aromatic heterocycles. The third-order valence-corrected chi connectivity index (χ3v) is 4.03. The van der Waals surface area contributed by atoms with Crippen molar-refractivity contribution in [3.05, 3.63) is 33.8 Å². The number of amides is 1. The number of rotatable bonds is 3. The maximum atomic E-state index is 12.1. The second kappa shape index (κ2) is 6.60. The van der Waals surface area contributed by atoms with Gasteiger partial charge in [-0.2, -0.15) is 0 Å². The maximum absolute atomic E-state index is 12.1. The van der Waals surface area contributed by atoms with E-state index in [9.17, 15) is 4.79 Å². The van der Waals surface area contributed by atoms with Gasteiger partial charge in [0.15, 0.2) is 0 Å². The lowest BCUT2D eigenvalue weighted by Crippen LogP contribution is -2.41. The zero-order chi connectivity index (χ0) is 13.8. The number of carbonyl (C=O) groups is 1. The molecule has 5 heteroatoms. The van der Waals surface area contributed by atoms with Crippen LogP contribution in [-0.4, -0.2) is 25.0 Å². The van der Waals surface area contributed by atoms with Crippen molar-refractivity contribution in [2.75, 3.05) is 7.05 Å². The lowest BCUT2D eigenvalue weighted by Gasteiger charge is -2.28. The summed E-state index contributed by atoms with van der Waals surface area (Å²) in [6.45, 7) is 0. The van der Waals surface area contributed by atoms with Crippen LogP contribution < -0.4 is 10.6 Å². The first kappa shape index (κ1) is 14.6. The SMILES string of the molecule is CNC1CCC(NC(=O)c2cc(Cl)cc(Cl)c2)CC1. The van der Waals surface area contributed by atoms with Crippen LogP contribution in [0.4, 0.5) is 0 Å². The van der Waals surface area contributed by atoms with Gasteiger partial charge in [-0.3, -0.25) is 4.79 Å². The topological polar surface area (TPSA) is 41.1 Å². The van der Waals surface area contributed by atoms with Crippen LogP contribution in [0.5, 0.6) is 0 Å². The van der Waals surface area contributed by atoms with Crippen molar-refractivity contribution in [2.45, 2.75) is 37.8 Å². The molecule has 3 nitrogen and oxygen atoms in total. The highest BCUT2D eigenvalue weighted by molar-refractivity contribution is 6.35. The molecule has 1 amide bonds. The smallest absolute Gasteiger partial charge is 0.251 e. The van der Waals surface area contributed by atoms with E-state index in [2.05, 4.69) is 10.6 Å². The van der Waals surface area contributed by atoms with Crippen molar-refractivity contribution >= 4 is 29.1 Å². The normalized spacial score (nSPS) is 23.1. The van der Waals surface area contributed by atoms with E-state index in [4.69, 9.17) is 23.2 Å². The van der Waals surface area contributed by atoms with Crippen LogP contribution in [0.2, 0.25) is 10.0 Å². The maximum Gasteiger partial charge on any atom is 0.251 e. The Labute approximate surface area is 123 Å². The van der Waals surface area contributed by atoms with Gasteiger partial charge in [0.1, 0.15) is 0 Å². The number of hydrogen-bond acceptors (Lipinski definition) is 2. The van der Waals surface area contributed by atoms with E-state index in [1.807, 2.05) is 7.05 Å². The molecule has 1 saturated carbocycles. The van der Waals surface area contributed by atoms with Gasteiger partial charge in [0.25, 0.3) is 5.91 Å². The summed E-state index contributed by atoms with van der Waals surface area (Å²) in [5.41, 5.74) is 0.522. The summed E-state index contributed by atoms with van der Waals surface area (Å²) in [5.74, 6) is -0.0997. The van der Waals surface area contributed by atoms with Crippen molar-refractivity contribution in [1.29, 1.82) is 0 Å². The Kier molecular flexibility index (Phi) is 5.08. The van der Waals surface area contributed by atoms with Crippen molar-refractivity contribution in [3.63, 3.8) is 0 Å². The Bertz CT molecular complexity index is 437. The molecule has 0 heterocycles. The summed E-state index contributed by atoms with van der Waals surface area (Å²) in [4.78, 5) is 12.1. The first-order chi connectivity index (χ1) is 9.08. The molecule has 104 valence electrons. The predicted octanol–water partition coefficient (Wildman–Crippen LogP) is 3.25. The lowest BCUT2D eigenvalue weighted by atomic mass is 9.91. The average molecular weight is 301 g/mol. The largest absolute Gasteiger partial charge is 0.349 e. The monoisotopic (exact) mass is 300 g/mol. The molecule has 1 aromatic rings. The quantitative estimate of drug-likeness (QED) is 0.900. The molecule has 0 spiro atoms. The lowest BCUT2D eigenvalue weighted by molar-refractivity contribution is 0.0924. The number of carbonyl (C=O) groups excluding carboxylic acids is 1. The fraction of sp³-hybridized carbons (Fsp3) is 0.500. The molecule has 0 atom stereocenters. The third-order valence-electron chi connectivity index (χ3n) is 3.60. The molecular weight excluding hydrogens is 283 g/mol.